The molecule has 0 saturated heterocycles. The fraction of sp³-hybridized carbons (Fsp3) is 0.143. The molecule has 0 fully saturated rings. The van der Waals surface area contributed by atoms with E-state index in [1.165, 1.54) is 6.07 Å². The highest BCUT2D eigenvalue weighted by atomic mass is 19.2. The molecule has 1 radical (unpaired) electrons. The van der Waals surface area contributed by atoms with Crippen LogP contribution >= 0.6 is 0 Å². The third kappa shape index (κ3) is 1.30. The maximum absolute atomic E-state index is 12.3. The third-order valence-corrected chi connectivity index (χ3v) is 1.14. The van der Waals surface area contributed by atoms with Crippen molar-refractivity contribution in [1.82, 2.24) is 0 Å². The molecule has 1 nitrogen and oxygen atoms in total. The molecule has 0 aliphatic rings. The summed E-state index contributed by atoms with van der Waals surface area (Å²) >= 11 is 0. The molecule has 0 aromatic heterocycles. The maximum Gasteiger partial charge on any atom is 0.166 e. The van der Waals surface area contributed by atoms with Gasteiger partial charge < -0.3 is 5.73 Å². The van der Waals surface area contributed by atoms with Gasteiger partial charge in [0, 0.05) is 12.6 Å². The molecule has 53 valence electrons. The second-order valence-corrected chi connectivity index (χ2v) is 1.87. The lowest BCUT2D eigenvalue weighted by Crippen LogP contribution is -1.97. The molecule has 0 saturated carbocycles. The summed E-state index contributed by atoms with van der Waals surface area (Å²) in [6.45, 7) is 0.202. The number of rotatable bonds is 1. The monoisotopic (exact) mass is 142 g/mol. The van der Waals surface area contributed by atoms with E-state index in [2.05, 4.69) is 6.07 Å². The van der Waals surface area contributed by atoms with Gasteiger partial charge in [0.05, 0.1) is 0 Å². The predicted molar refractivity (Wildman–Crippen MR) is 33.1 cm³/mol. The average molecular weight is 142 g/mol. The molecule has 10 heavy (non-hydrogen) atoms. The zero-order chi connectivity index (χ0) is 7.56. The number of hydrogen-bond acceptors (Lipinski definition) is 1. The van der Waals surface area contributed by atoms with Gasteiger partial charge in [0.1, 0.15) is 0 Å². The van der Waals surface area contributed by atoms with Gasteiger partial charge in [-0.3, -0.25) is 0 Å². The molecule has 0 amide bonds. The molecule has 1 aromatic rings. The molecular weight excluding hydrogens is 136 g/mol. The Labute approximate surface area is 57.5 Å². The first-order chi connectivity index (χ1) is 4.74. The van der Waals surface area contributed by atoms with Crippen molar-refractivity contribution >= 4 is 0 Å². The van der Waals surface area contributed by atoms with Gasteiger partial charge in [-0.05, 0) is 17.7 Å². The van der Waals surface area contributed by atoms with Gasteiger partial charge in [-0.1, -0.05) is 0 Å². The average Bonchev–Trinajstić information content (AvgIpc) is 1.95. The molecule has 0 heterocycles. The number of nitrogens with two attached hydrogens (primary N) is 1. The normalized spacial score (nSPS) is 9.90. The van der Waals surface area contributed by atoms with Crippen LogP contribution in [0.15, 0.2) is 12.1 Å². The van der Waals surface area contributed by atoms with Crippen LogP contribution in [0.3, 0.4) is 0 Å². The molecule has 0 atom stereocenters. The van der Waals surface area contributed by atoms with Crippen LogP contribution in [0.25, 0.3) is 0 Å². The van der Waals surface area contributed by atoms with Crippen LogP contribution in [0.2, 0.25) is 0 Å². The summed E-state index contributed by atoms with van der Waals surface area (Å²) in [6, 6.07) is 4.49. The second-order valence-electron chi connectivity index (χ2n) is 1.87. The van der Waals surface area contributed by atoms with E-state index >= 15 is 0 Å². The summed E-state index contributed by atoms with van der Waals surface area (Å²) in [5.41, 5.74) is 5.70. The maximum atomic E-state index is 12.3. The SMILES string of the molecule is NCc1c[c]c(F)c(F)c1. The minimum Gasteiger partial charge on any atom is -0.326 e. The van der Waals surface area contributed by atoms with E-state index in [9.17, 15) is 8.78 Å². The van der Waals surface area contributed by atoms with Crippen LogP contribution in [0, 0.1) is 17.7 Å². The summed E-state index contributed by atoms with van der Waals surface area (Å²) in [7, 11) is 0. The van der Waals surface area contributed by atoms with Crippen molar-refractivity contribution in [3.63, 3.8) is 0 Å². The summed E-state index contributed by atoms with van der Waals surface area (Å²) in [5.74, 6) is -1.86. The third-order valence-electron chi connectivity index (χ3n) is 1.14. The topological polar surface area (TPSA) is 26.0 Å². The molecule has 0 aliphatic carbocycles. The Morgan fingerprint density at radius 3 is 2.70 bits per heavy atom. The van der Waals surface area contributed by atoms with Gasteiger partial charge in [-0.25, -0.2) is 8.78 Å². The van der Waals surface area contributed by atoms with E-state index in [4.69, 9.17) is 5.73 Å². The minimum absolute atomic E-state index is 0.202. The van der Waals surface area contributed by atoms with Crippen molar-refractivity contribution in [3.8, 4) is 0 Å². The van der Waals surface area contributed by atoms with Crippen LogP contribution < -0.4 is 5.73 Å². The molecule has 2 N–H and O–H groups in total. The van der Waals surface area contributed by atoms with E-state index < -0.39 is 11.6 Å². The van der Waals surface area contributed by atoms with Crippen LogP contribution in [0.4, 0.5) is 8.78 Å². The van der Waals surface area contributed by atoms with E-state index in [0.29, 0.717) is 5.56 Å². The first-order valence-corrected chi connectivity index (χ1v) is 2.79. The lowest BCUT2D eigenvalue weighted by atomic mass is 10.2. The Morgan fingerprint density at radius 1 is 1.50 bits per heavy atom. The summed E-state index contributed by atoms with van der Waals surface area (Å²) in [4.78, 5) is 0. The Kier molecular flexibility index (Phi) is 1.97. The van der Waals surface area contributed by atoms with Crippen molar-refractivity contribution in [2.75, 3.05) is 0 Å². The highest BCUT2D eigenvalue weighted by molar-refractivity contribution is 5.16. The van der Waals surface area contributed by atoms with E-state index in [0.717, 1.165) is 6.07 Å². The van der Waals surface area contributed by atoms with Crippen molar-refractivity contribution in [2.24, 2.45) is 5.73 Å². The van der Waals surface area contributed by atoms with Crippen molar-refractivity contribution in [1.29, 1.82) is 0 Å². The van der Waals surface area contributed by atoms with Gasteiger partial charge in [0.25, 0.3) is 0 Å². The van der Waals surface area contributed by atoms with Gasteiger partial charge in [-0.15, -0.1) is 0 Å². The van der Waals surface area contributed by atoms with E-state index in [-0.39, 0.29) is 6.54 Å². The second kappa shape index (κ2) is 2.75. The van der Waals surface area contributed by atoms with Crippen LogP contribution in [-0.2, 0) is 6.54 Å². The lowest BCUT2D eigenvalue weighted by molar-refractivity contribution is 0.505. The summed E-state index contributed by atoms with van der Waals surface area (Å²) < 4.78 is 24.5. The smallest absolute Gasteiger partial charge is 0.166 e. The highest BCUT2D eigenvalue weighted by Crippen LogP contribution is 2.06. The quantitative estimate of drug-likeness (QED) is 0.626. The highest BCUT2D eigenvalue weighted by Gasteiger charge is 2.00. The fourth-order valence-electron chi connectivity index (χ4n) is 0.611. The summed E-state index contributed by atoms with van der Waals surface area (Å²) in [6.07, 6.45) is 0. The van der Waals surface area contributed by atoms with Gasteiger partial charge >= 0.3 is 0 Å². The molecule has 0 unspecified atom stereocenters. The van der Waals surface area contributed by atoms with Crippen molar-refractivity contribution in [2.45, 2.75) is 6.54 Å². The van der Waals surface area contributed by atoms with Crippen LogP contribution in [-0.4, -0.2) is 0 Å². The minimum atomic E-state index is -0.961. The zero-order valence-electron chi connectivity index (χ0n) is 5.20. The lowest BCUT2D eigenvalue weighted by Gasteiger charge is -1.95. The number of benzene rings is 1. The first-order valence-electron chi connectivity index (χ1n) is 2.79. The molecular formula is C7H6F2N. The van der Waals surface area contributed by atoms with Crippen molar-refractivity contribution in [3.05, 3.63) is 35.4 Å². The van der Waals surface area contributed by atoms with Crippen molar-refractivity contribution < 1.29 is 8.78 Å². The molecule has 0 spiro atoms. The molecule has 1 aromatic carbocycles. The van der Waals surface area contributed by atoms with Gasteiger partial charge in [0.15, 0.2) is 11.6 Å². The Balaban J connectivity index is 3.04. The standard InChI is InChI=1S/C7H6F2N/c8-6-2-1-5(4-10)3-7(6)9/h1,3H,4,10H2. The molecule has 3 heteroatoms. The largest absolute Gasteiger partial charge is 0.326 e. The molecule has 0 bridgehead atoms. The van der Waals surface area contributed by atoms with E-state index in [1.807, 2.05) is 0 Å². The number of hydrogen-bond donors (Lipinski definition) is 1. The van der Waals surface area contributed by atoms with E-state index in [1.54, 1.807) is 0 Å². The van der Waals surface area contributed by atoms with Gasteiger partial charge in [-0.2, -0.15) is 0 Å². The summed E-state index contributed by atoms with van der Waals surface area (Å²) in [5, 5.41) is 0. The zero-order valence-corrected chi connectivity index (χ0v) is 5.20. The predicted octanol–water partition coefficient (Wildman–Crippen LogP) is 1.22. The number of halogens is 2. The van der Waals surface area contributed by atoms with Crippen LogP contribution in [0.5, 0.6) is 0 Å². The molecule has 1 rings (SSSR count). The Morgan fingerprint density at radius 2 is 2.20 bits per heavy atom. The Hall–Kier alpha value is -0.960. The molecule has 0 aliphatic heterocycles. The van der Waals surface area contributed by atoms with Crippen LogP contribution in [0.1, 0.15) is 5.56 Å². The first kappa shape index (κ1) is 7.15. The van der Waals surface area contributed by atoms with Gasteiger partial charge in [0.2, 0.25) is 0 Å². The Bertz CT molecular complexity index is 235. The fourth-order valence-corrected chi connectivity index (χ4v) is 0.611.